The van der Waals surface area contributed by atoms with Crippen LogP contribution in [0.1, 0.15) is 27.2 Å². The Hall–Kier alpha value is -0.160. The van der Waals surface area contributed by atoms with Gasteiger partial charge < -0.3 is 18.9 Å². The summed E-state index contributed by atoms with van der Waals surface area (Å²) in [7, 11) is 1.69. The topological polar surface area (TPSA) is 36.9 Å². The van der Waals surface area contributed by atoms with E-state index in [1.807, 2.05) is 13.8 Å². The highest BCUT2D eigenvalue weighted by Gasteiger charge is 2.54. The number of rotatable bonds is 2. The van der Waals surface area contributed by atoms with Crippen molar-refractivity contribution in [1.82, 2.24) is 0 Å². The van der Waals surface area contributed by atoms with Crippen molar-refractivity contribution < 1.29 is 18.9 Å². The van der Waals surface area contributed by atoms with Crippen LogP contribution in [0.4, 0.5) is 0 Å². The Bertz CT molecular complexity index is 216. The molecule has 14 heavy (non-hydrogen) atoms. The molecule has 4 heteroatoms. The molecule has 0 bridgehead atoms. The average Bonchev–Trinajstić information content (AvgIpc) is 2.55. The molecule has 0 aromatic heterocycles. The summed E-state index contributed by atoms with van der Waals surface area (Å²) in [6, 6.07) is 0. The first kappa shape index (κ1) is 10.4. The summed E-state index contributed by atoms with van der Waals surface area (Å²) in [6.07, 6.45) is 0.649. The summed E-state index contributed by atoms with van der Waals surface area (Å²) in [5.74, 6) is -0.551. The van der Waals surface area contributed by atoms with E-state index in [1.165, 1.54) is 0 Å². The summed E-state index contributed by atoms with van der Waals surface area (Å²) in [4.78, 5) is 0. The van der Waals surface area contributed by atoms with Crippen molar-refractivity contribution >= 4 is 0 Å². The van der Waals surface area contributed by atoms with Crippen molar-refractivity contribution in [2.45, 2.75) is 57.6 Å². The number of hydrogen-bond acceptors (Lipinski definition) is 4. The van der Waals surface area contributed by atoms with Gasteiger partial charge in [-0.2, -0.15) is 0 Å². The highest BCUT2D eigenvalue weighted by atomic mass is 16.8. The molecule has 0 saturated carbocycles. The third-order valence-corrected chi connectivity index (χ3v) is 2.76. The molecule has 1 unspecified atom stereocenters. The maximum atomic E-state index is 5.74. The first-order valence-corrected chi connectivity index (χ1v) is 5.11. The van der Waals surface area contributed by atoms with E-state index in [0.29, 0.717) is 0 Å². The summed E-state index contributed by atoms with van der Waals surface area (Å²) < 4.78 is 22.4. The molecule has 0 N–H and O–H groups in total. The second-order valence-electron chi connectivity index (χ2n) is 4.25. The van der Waals surface area contributed by atoms with Gasteiger partial charge in [0, 0.05) is 7.11 Å². The highest BCUT2D eigenvalue weighted by Crippen LogP contribution is 2.39. The van der Waals surface area contributed by atoms with Crippen molar-refractivity contribution in [2.75, 3.05) is 7.11 Å². The van der Waals surface area contributed by atoms with Gasteiger partial charge >= 0.3 is 0 Å². The zero-order valence-electron chi connectivity index (χ0n) is 9.15. The Morgan fingerprint density at radius 1 is 1.29 bits per heavy atom. The molecule has 2 fully saturated rings. The molecule has 2 aliphatic heterocycles. The lowest BCUT2D eigenvalue weighted by atomic mass is 10.1. The Balaban J connectivity index is 2.09. The number of ether oxygens (including phenoxy) is 4. The Morgan fingerprint density at radius 2 is 2.00 bits per heavy atom. The minimum Gasteiger partial charge on any atom is -0.376 e. The molecule has 4 atom stereocenters. The summed E-state index contributed by atoms with van der Waals surface area (Å²) in [6.45, 7) is 5.85. The molecule has 0 aliphatic carbocycles. The third kappa shape index (κ3) is 1.56. The minimum absolute atomic E-state index is 0.00762. The maximum Gasteiger partial charge on any atom is 0.190 e. The molecule has 0 radical (unpaired) electrons. The molecule has 2 saturated heterocycles. The first-order chi connectivity index (χ1) is 6.57. The first-order valence-electron chi connectivity index (χ1n) is 5.11. The lowest BCUT2D eigenvalue weighted by molar-refractivity contribution is -0.216. The van der Waals surface area contributed by atoms with Gasteiger partial charge in [-0.3, -0.25) is 0 Å². The zero-order chi connectivity index (χ0) is 10.3. The van der Waals surface area contributed by atoms with E-state index in [9.17, 15) is 0 Å². The van der Waals surface area contributed by atoms with Crippen LogP contribution < -0.4 is 0 Å². The van der Waals surface area contributed by atoms with Gasteiger partial charge in [0.25, 0.3) is 0 Å². The predicted octanol–water partition coefficient (Wildman–Crippen LogP) is 1.29. The van der Waals surface area contributed by atoms with E-state index in [4.69, 9.17) is 18.9 Å². The minimum atomic E-state index is -0.551. The molecule has 2 heterocycles. The lowest BCUT2D eigenvalue weighted by Crippen LogP contribution is -2.35. The van der Waals surface area contributed by atoms with Crippen LogP contribution >= 0.6 is 0 Å². The Labute approximate surface area is 84.5 Å². The van der Waals surface area contributed by atoms with Crippen LogP contribution in [-0.4, -0.2) is 37.5 Å². The average molecular weight is 202 g/mol. The van der Waals surface area contributed by atoms with E-state index < -0.39 is 5.79 Å². The Kier molecular flexibility index (Phi) is 2.55. The quantitative estimate of drug-likeness (QED) is 0.676. The molecule has 0 amide bonds. The normalized spacial score (nSPS) is 45.4. The molecule has 0 aromatic rings. The van der Waals surface area contributed by atoms with E-state index in [0.717, 1.165) is 6.42 Å². The fourth-order valence-corrected chi connectivity index (χ4v) is 2.16. The van der Waals surface area contributed by atoms with Gasteiger partial charge in [-0.1, -0.05) is 6.92 Å². The van der Waals surface area contributed by atoms with Crippen LogP contribution in [0.3, 0.4) is 0 Å². The van der Waals surface area contributed by atoms with Crippen molar-refractivity contribution in [1.29, 1.82) is 0 Å². The monoisotopic (exact) mass is 202 g/mol. The van der Waals surface area contributed by atoms with Crippen LogP contribution in [0.5, 0.6) is 0 Å². The molecular weight excluding hydrogens is 184 g/mol. The molecule has 0 spiro atoms. The van der Waals surface area contributed by atoms with E-state index in [2.05, 4.69) is 6.92 Å². The van der Waals surface area contributed by atoms with Gasteiger partial charge in [0.15, 0.2) is 12.1 Å². The highest BCUT2D eigenvalue weighted by molar-refractivity contribution is 4.93. The third-order valence-electron chi connectivity index (χ3n) is 2.76. The molecule has 4 nitrogen and oxygen atoms in total. The second-order valence-corrected chi connectivity index (χ2v) is 4.25. The summed E-state index contributed by atoms with van der Waals surface area (Å²) >= 11 is 0. The molecule has 2 aliphatic rings. The second kappa shape index (κ2) is 3.45. The van der Waals surface area contributed by atoms with Crippen molar-refractivity contribution in [2.24, 2.45) is 0 Å². The molecular formula is C10H18O4. The number of hydrogen-bond donors (Lipinski definition) is 0. The van der Waals surface area contributed by atoms with Gasteiger partial charge in [0.2, 0.25) is 0 Å². The molecule has 0 aromatic carbocycles. The zero-order valence-corrected chi connectivity index (χ0v) is 9.15. The largest absolute Gasteiger partial charge is 0.376 e. The van der Waals surface area contributed by atoms with Crippen LogP contribution in [0, 0.1) is 0 Å². The van der Waals surface area contributed by atoms with Gasteiger partial charge in [0.05, 0.1) is 6.10 Å². The van der Waals surface area contributed by atoms with Crippen LogP contribution in [0.25, 0.3) is 0 Å². The number of methoxy groups -OCH3 is 1. The molecule has 82 valence electrons. The maximum absolute atomic E-state index is 5.74. The van der Waals surface area contributed by atoms with Crippen molar-refractivity contribution in [3.63, 3.8) is 0 Å². The lowest BCUT2D eigenvalue weighted by Gasteiger charge is -2.24. The van der Waals surface area contributed by atoms with E-state index >= 15 is 0 Å². The predicted molar refractivity (Wildman–Crippen MR) is 49.8 cm³/mol. The van der Waals surface area contributed by atoms with Crippen LogP contribution in [-0.2, 0) is 18.9 Å². The molecule has 2 rings (SSSR count). The fraction of sp³-hybridized carbons (Fsp3) is 1.00. The SMILES string of the molecule is CC[C@H]1O[C@@H]2OC(C)(C)O[C@H]2C1OC. The van der Waals surface area contributed by atoms with Crippen molar-refractivity contribution in [3.8, 4) is 0 Å². The van der Waals surface area contributed by atoms with Gasteiger partial charge in [-0.05, 0) is 20.3 Å². The van der Waals surface area contributed by atoms with Gasteiger partial charge in [-0.25, -0.2) is 0 Å². The van der Waals surface area contributed by atoms with Crippen LogP contribution in [0.2, 0.25) is 0 Å². The van der Waals surface area contributed by atoms with Crippen molar-refractivity contribution in [3.05, 3.63) is 0 Å². The van der Waals surface area contributed by atoms with Crippen LogP contribution in [0.15, 0.2) is 0 Å². The van der Waals surface area contributed by atoms with Gasteiger partial charge in [-0.15, -0.1) is 0 Å². The number of fused-ring (bicyclic) bond motifs is 1. The summed E-state index contributed by atoms with van der Waals surface area (Å²) in [5, 5.41) is 0. The fourth-order valence-electron chi connectivity index (χ4n) is 2.16. The summed E-state index contributed by atoms with van der Waals surface area (Å²) in [5.41, 5.74) is 0. The Morgan fingerprint density at radius 3 is 2.57 bits per heavy atom. The van der Waals surface area contributed by atoms with E-state index in [1.54, 1.807) is 7.11 Å². The smallest absolute Gasteiger partial charge is 0.190 e. The van der Waals surface area contributed by atoms with E-state index in [-0.39, 0.29) is 24.6 Å². The van der Waals surface area contributed by atoms with Gasteiger partial charge in [0.1, 0.15) is 12.2 Å². The standard InChI is InChI=1S/C10H18O4/c1-5-6-7(11-4)8-9(12-6)14-10(2,3)13-8/h6-9H,5H2,1-4H3/t6-,7?,8+,9-/m1/s1.